The Balaban J connectivity index is 1.60. The standard InChI is InChI=1S/C26H26N4O2/c1-32-24(31)14-13-22-25(30-23(29-22)8-4-17-28-30)21-7-3-2-6-20(21)18-9-11-19(12-10-18)26(27)15-5-16-26/h2-4,6-12,17H,5,13-16,27H2,1H3. The Bertz CT molecular complexity index is 1270. The molecule has 1 fully saturated rings. The van der Waals surface area contributed by atoms with Crippen molar-refractivity contribution in [2.45, 2.75) is 37.6 Å². The summed E-state index contributed by atoms with van der Waals surface area (Å²) < 4.78 is 6.69. The van der Waals surface area contributed by atoms with Crippen LogP contribution < -0.4 is 5.73 Å². The van der Waals surface area contributed by atoms with E-state index in [1.165, 1.54) is 19.1 Å². The van der Waals surface area contributed by atoms with Crippen LogP contribution in [0.5, 0.6) is 0 Å². The van der Waals surface area contributed by atoms with Crippen LogP contribution in [0.25, 0.3) is 28.0 Å². The average Bonchev–Trinajstić information content (AvgIpc) is 3.19. The van der Waals surface area contributed by atoms with Gasteiger partial charge in [0.2, 0.25) is 0 Å². The number of hydrogen-bond donors (Lipinski definition) is 1. The molecule has 1 aliphatic carbocycles. The molecule has 2 aromatic heterocycles. The number of esters is 1. The molecule has 2 aromatic carbocycles. The lowest BCUT2D eigenvalue weighted by Gasteiger charge is -2.38. The van der Waals surface area contributed by atoms with Crippen molar-refractivity contribution in [2.75, 3.05) is 7.11 Å². The normalized spacial score (nSPS) is 14.8. The van der Waals surface area contributed by atoms with Crippen molar-refractivity contribution in [3.8, 4) is 22.4 Å². The van der Waals surface area contributed by atoms with Gasteiger partial charge >= 0.3 is 5.97 Å². The Morgan fingerprint density at radius 3 is 2.50 bits per heavy atom. The summed E-state index contributed by atoms with van der Waals surface area (Å²) in [7, 11) is 1.41. The van der Waals surface area contributed by atoms with Gasteiger partial charge in [-0.25, -0.2) is 9.50 Å². The molecule has 0 amide bonds. The highest BCUT2D eigenvalue weighted by Gasteiger charge is 2.34. The molecule has 162 valence electrons. The zero-order valence-electron chi connectivity index (χ0n) is 18.1. The second-order valence-electron chi connectivity index (χ2n) is 8.41. The molecule has 6 heteroatoms. The van der Waals surface area contributed by atoms with Crippen molar-refractivity contribution >= 4 is 11.6 Å². The first-order valence-corrected chi connectivity index (χ1v) is 11.0. The maximum absolute atomic E-state index is 11.8. The Morgan fingerprint density at radius 1 is 1.06 bits per heavy atom. The maximum atomic E-state index is 11.8. The molecule has 6 nitrogen and oxygen atoms in total. The lowest BCUT2D eigenvalue weighted by molar-refractivity contribution is -0.140. The highest BCUT2D eigenvalue weighted by atomic mass is 16.5. The monoisotopic (exact) mass is 426 g/mol. The molecule has 4 aromatic rings. The predicted molar refractivity (Wildman–Crippen MR) is 124 cm³/mol. The van der Waals surface area contributed by atoms with Gasteiger partial charge in [0, 0.05) is 23.7 Å². The zero-order valence-corrected chi connectivity index (χ0v) is 18.1. The minimum Gasteiger partial charge on any atom is -0.469 e. The summed E-state index contributed by atoms with van der Waals surface area (Å²) in [5.74, 6) is -0.253. The number of benzene rings is 2. The van der Waals surface area contributed by atoms with Gasteiger partial charge in [-0.3, -0.25) is 4.79 Å². The van der Waals surface area contributed by atoms with Gasteiger partial charge in [-0.1, -0.05) is 48.5 Å². The van der Waals surface area contributed by atoms with E-state index in [9.17, 15) is 4.79 Å². The van der Waals surface area contributed by atoms with Gasteiger partial charge in [-0.15, -0.1) is 0 Å². The lowest BCUT2D eigenvalue weighted by Crippen LogP contribution is -2.43. The number of methoxy groups -OCH3 is 1. The largest absolute Gasteiger partial charge is 0.469 e. The van der Waals surface area contributed by atoms with Crippen LogP contribution in [0.2, 0.25) is 0 Å². The molecule has 0 atom stereocenters. The molecule has 0 spiro atoms. The third-order valence-electron chi connectivity index (χ3n) is 6.46. The first-order chi connectivity index (χ1) is 15.6. The molecular formula is C26H26N4O2. The Morgan fingerprint density at radius 2 is 1.81 bits per heavy atom. The van der Waals surface area contributed by atoms with Crippen molar-refractivity contribution in [1.82, 2.24) is 14.6 Å². The number of aromatic nitrogens is 3. The minimum atomic E-state index is -0.253. The molecule has 1 saturated carbocycles. The lowest BCUT2D eigenvalue weighted by atomic mass is 9.72. The summed E-state index contributed by atoms with van der Waals surface area (Å²) in [4.78, 5) is 16.6. The van der Waals surface area contributed by atoms with E-state index in [0.29, 0.717) is 6.42 Å². The number of carbonyl (C=O) groups excluding carboxylic acids is 1. The van der Waals surface area contributed by atoms with Crippen LogP contribution in [-0.4, -0.2) is 27.7 Å². The quantitative estimate of drug-likeness (QED) is 0.459. The van der Waals surface area contributed by atoms with Gasteiger partial charge in [-0.2, -0.15) is 5.10 Å². The molecule has 0 unspecified atom stereocenters. The molecule has 5 rings (SSSR count). The average molecular weight is 427 g/mol. The predicted octanol–water partition coefficient (Wildman–Crippen LogP) is 4.51. The number of rotatable bonds is 6. The Labute approximate surface area is 187 Å². The van der Waals surface area contributed by atoms with E-state index in [2.05, 4.69) is 41.5 Å². The van der Waals surface area contributed by atoms with Gasteiger partial charge in [0.1, 0.15) is 0 Å². The minimum absolute atomic E-state index is 0.176. The topological polar surface area (TPSA) is 82.5 Å². The third kappa shape index (κ3) is 3.56. The van der Waals surface area contributed by atoms with Crippen molar-refractivity contribution < 1.29 is 9.53 Å². The number of fused-ring (bicyclic) bond motifs is 1. The Kier molecular flexibility index (Phi) is 5.23. The van der Waals surface area contributed by atoms with E-state index in [1.54, 1.807) is 6.20 Å². The van der Waals surface area contributed by atoms with E-state index in [1.807, 2.05) is 28.8 Å². The van der Waals surface area contributed by atoms with Crippen LogP contribution >= 0.6 is 0 Å². The molecule has 2 heterocycles. The van der Waals surface area contributed by atoms with Gasteiger partial charge in [0.25, 0.3) is 0 Å². The van der Waals surface area contributed by atoms with Gasteiger partial charge in [0.15, 0.2) is 5.65 Å². The number of carbonyl (C=O) groups is 1. The smallest absolute Gasteiger partial charge is 0.305 e. The fraction of sp³-hybridized carbons (Fsp3) is 0.269. The van der Waals surface area contributed by atoms with Crippen molar-refractivity contribution in [3.05, 3.63) is 78.1 Å². The summed E-state index contributed by atoms with van der Waals surface area (Å²) in [6, 6.07) is 20.6. The zero-order chi connectivity index (χ0) is 22.1. The molecule has 0 bridgehead atoms. The summed E-state index contributed by atoms with van der Waals surface area (Å²) in [5, 5.41) is 4.55. The second kappa shape index (κ2) is 8.20. The molecule has 0 saturated heterocycles. The summed E-state index contributed by atoms with van der Waals surface area (Å²) in [6.07, 6.45) is 5.77. The Hall–Kier alpha value is -3.51. The van der Waals surface area contributed by atoms with Crippen molar-refractivity contribution in [2.24, 2.45) is 5.73 Å². The van der Waals surface area contributed by atoms with Crippen molar-refractivity contribution in [3.63, 3.8) is 0 Å². The number of ether oxygens (including phenoxy) is 1. The van der Waals surface area contributed by atoms with Crippen molar-refractivity contribution in [1.29, 1.82) is 0 Å². The fourth-order valence-electron chi connectivity index (χ4n) is 4.47. The number of imidazole rings is 1. The van der Waals surface area contributed by atoms with Gasteiger partial charge in [-0.05, 0) is 48.1 Å². The van der Waals surface area contributed by atoms with Crippen LogP contribution in [0, 0.1) is 0 Å². The molecule has 2 N–H and O–H groups in total. The molecule has 0 radical (unpaired) electrons. The maximum Gasteiger partial charge on any atom is 0.305 e. The summed E-state index contributed by atoms with van der Waals surface area (Å²) >= 11 is 0. The number of nitrogens with two attached hydrogens (primary N) is 1. The SMILES string of the molecule is COC(=O)CCc1nc2cccnn2c1-c1ccccc1-c1ccc(C2(N)CCC2)cc1. The number of hydrogen-bond acceptors (Lipinski definition) is 5. The number of aryl methyl sites for hydroxylation is 1. The van der Waals surface area contributed by atoms with E-state index in [-0.39, 0.29) is 17.9 Å². The molecule has 0 aliphatic heterocycles. The first-order valence-electron chi connectivity index (χ1n) is 11.0. The summed E-state index contributed by atoms with van der Waals surface area (Å²) in [5.41, 5.74) is 13.2. The van der Waals surface area contributed by atoms with E-state index in [0.717, 1.165) is 46.6 Å². The highest BCUT2D eigenvalue weighted by molar-refractivity contribution is 5.84. The molecule has 32 heavy (non-hydrogen) atoms. The van der Waals surface area contributed by atoms with Crippen LogP contribution in [0.4, 0.5) is 0 Å². The second-order valence-corrected chi connectivity index (χ2v) is 8.41. The van der Waals surface area contributed by atoms with E-state index < -0.39 is 0 Å². The van der Waals surface area contributed by atoms with Crippen LogP contribution in [-0.2, 0) is 21.5 Å². The molecule has 1 aliphatic rings. The first kappa shape index (κ1) is 20.4. The van der Waals surface area contributed by atoms with Crippen LogP contribution in [0.15, 0.2) is 66.9 Å². The van der Waals surface area contributed by atoms with E-state index >= 15 is 0 Å². The number of nitrogens with zero attached hydrogens (tertiary/aromatic N) is 3. The third-order valence-corrected chi connectivity index (χ3v) is 6.46. The van der Waals surface area contributed by atoms with Crippen LogP contribution in [0.3, 0.4) is 0 Å². The van der Waals surface area contributed by atoms with E-state index in [4.69, 9.17) is 15.5 Å². The van der Waals surface area contributed by atoms with Gasteiger partial charge in [0.05, 0.1) is 24.9 Å². The van der Waals surface area contributed by atoms with Crippen LogP contribution in [0.1, 0.15) is 36.9 Å². The van der Waals surface area contributed by atoms with Gasteiger partial charge < -0.3 is 10.5 Å². The highest BCUT2D eigenvalue weighted by Crippen LogP contribution is 2.40. The fourth-order valence-corrected chi connectivity index (χ4v) is 4.47. The molecular weight excluding hydrogens is 400 g/mol. The summed E-state index contributed by atoms with van der Waals surface area (Å²) in [6.45, 7) is 0.